The number of ether oxygens (including phenoxy) is 4. The summed E-state index contributed by atoms with van der Waals surface area (Å²) in [4.78, 5) is 20.7. The molecule has 1 aromatic heterocycles. The van der Waals surface area contributed by atoms with Crippen molar-refractivity contribution >= 4 is 22.6 Å². The van der Waals surface area contributed by atoms with Crippen molar-refractivity contribution in [1.29, 1.82) is 0 Å². The molecule has 2 N–H and O–H groups in total. The summed E-state index contributed by atoms with van der Waals surface area (Å²) in [6.07, 6.45) is 1.43. The molecular formula is C25H24N4O5. The van der Waals surface area contributed by atoms with Crippen molar-refractivity contribution in [3.05, 3.63) is 72.6 Å². The van der Waals surface area contributed by atoms with Crippen LogP contribution in [0.1, 0.15) is 5.56 Å². The van der Waals surface area contributed by atoms with Crippen LogP contribution in [0.15, 0.2) is 67.0 Å². The van der Waals surface area contributed by atoms with Gasteiger partial charge in [0.1, 0.15) is 17.8 Å². The van der Waals surface area contributed by atoms with Crippen LogP contribution in [0.5, 0.6) is 28.9 Å². The highest BCUT2D eigenvalue weighted by atomic mass is 16.5. The molecule has 9 heteroatoms. The first-order chi connectivity index (χ1) is 16.6. The van der Waals surface area contributed by atoms with E-state index >= 15 is 0 Å². The van der Waals surface area contributed by atoms with Crippen LogP contribution in [0.25, 0.3) is 10.9 Å². The third-order valence-electron chi connectivity index (χ3n) is 5.02. The quantitative estimate of drug-likeness (QED) is 0.390. The summed E-state index contributed by atoms with van der Waals surface area (Å²) in [6, 6.07) is 17.7. The summed E-state index contributed by atoms with van der Waals surface area (Å²) in [5.74, 6) is 2.80. The fourth-order valence-corrected chi connectivity index (χ4v) is 3.29. The Hall–Kier alpha value is -4.53. The van der Waals surface area contributed by atoms with Crippen LogP contribution in [-0.4, -0.2) is 37.3 Å². The molecule has 4 aromatic rings. The Bertz CT molecular complexity index is 1290. The molecule has 4 rings (SSSR count). The number of hydrogen-bond acceptors (Lipinski definition) is 7. The fraction of sp³-hybridized carbons (Fsp3) is 0.160. The summed E-state index contributed by atoms with van der Waals surface area (Å²) >= 11 is 0. The van der Waals surface area contributed by atoms with Gasteiger partial charge in [0.05, 0.1) is 32.2 Å². The average molecular weight is 460 g/mol. The van der Waals surface area contributed by atoms with Crippen LogP contribution in [0.3, 0.4) is 0 Å². The molecule has 1 heterocycles. The number of carbonyl (C=O) groups is 1. The van der Waals surface area contributed by atoms with Gasteiger partial charge in [0.15, 0.2) is 11.5 Å². The number of fused-ring (bicyclic) bond motifs is 1. The zero-order valence-corrected chi connectivity index (χ0v) is 19.0. The molecule has 0 saturated heterocycles. The maximum Gasteiger partial charge on any atom is 0.319 e. The number of amides is 2. The van der Waals surface area contributed by atoms with E-state index in [4.69, 9.17) is 18.9 Å². The van der Waals surface area contributed by atoms with E-state index in [1.165, 1.54) is 6.33 Å². The molecule has 0 aliphatic rings. The molecule has 3 aromatic carbocycles. The van der Waals surface area contributed by atoms with E-state index in [1.807, 2.05) is 30.3 Å². The monoisotopic (exact) mass is 460 g/mol. The Morgan fingerprint density at radius 1 is 0.853 bits per heavy atom. The first-order valence-corrected chi connectivity index (χ1v) is 10.4. The second kappa shape index (κ2) is 10.4. The van der Waals surface area contributed by atoms with Gasteiger partial charge in [0.2, 0.25) is 5.88 Å². The van der Waals surface area contributed by atoms with Crippen LogP contribution < -0.4 is 29.6 Å². The average Bonchev–Trinajstić information content (AvgIpc) is 2.87. The molecule has 9 nitrogen and oxygen atoms in total. The minimum atomic E-state index is -0.314. The number of nitrogens with zero attached hydrogens (tertiary/aromatic N) is 2. The standard InChI is InChI=1S/C25H24N4O5/c1-31-19-6-4-5-17(11-19)29-25(30)26-14-16-7-9-18(10-8-16)34-24-20-12-22(32-2)23(33-3)13-21(20)27-15-28-24/h4-13,15H,14H2,1-3H3,(H2,26,29,30). The lowest BCUT2D eigenvalue weighted by molar-refractivity contribution is 0.251. The minimum Gasteiger partial charge on any atom is -0.497 e. The van der Waals surface area contributed by atoms with Crippen molar-refractivity contribution < 1.29 is 23.7 Å². The third-order valence-corrected chi connectivity index (χ3v) is 5.02. The first kappa shape index (κ1) is 22.7. The molecule has 0 radical (unpaired) electrons. The van der Waals surface area contributed by atoms with E-state index in [9.17, 15) is 4.79 Å². The van der Waals surface area contributed by atoms with Gasteiger partial charge in [-0.1, -0.05) is 18.2 Å². The molecule has 0 fully saturated rings. The summed E-state index contributed by atoms with van der Waals surface area (Å²) in [5.41, 5.74) is 2.23. The Balaban J connectivity index is 1.40. The van der Waals surface area contributed by atoms with Crippen molar-refractivity contribution in [3.8, 4) is 28.9 Å². The Labute approximate surface area is 196 Å². The molecule has 0 bridgehead atoms. The van der Waals surface area contributed by atoms with Gasteiger partial charge in [-0.05, 0) is 35.9 Å². The number of urea groups is 1. The number of hydrogen-bond donors (Lipinski definition) is 2. The number of rotatable bonds is 8. The zero-order chi connectivity index (χ0) is 23.9. The van der Waals surface area contributed by atoms with E-state index < -0.39 is 0 Å². The van der Waals surface area contributed by atoms with E-state index in [0.29, 0.717) is 52.0 Å². The molecule has 0 aliphatic heterocycles. The van der Waals surface area contributed by atoms with E-state index in [1.54, 1.807) is 51.7 Å². The Morgan fingerprint density at radius 3 is 2.35 bits per heavy atom. The molecule has 0 aliphatic carbocycles. The third kappa shape index (κ3) is 5.26. The SMILES string of the molecule is COc1cccc(NC(=O)NCc2ccc(Oc3ncnc4cc(OC)c(OC)cc34)cc2)c1. The highest BCUT2D eigenvalue weighted by molar-refractivity contribution is 5.89. The van der Waals surface area contributed by atoms with E-state index in [2.05, 4.69) is 20.6 Å². The number of carbonyl (C=O) groups excluding carboxylic acids is 1. The van der Waals surface area contributed by atoms with Gasteiger partial charge < -0.3 is 29.6 Å². The van der Waals surface area contributed by atoms with Gasteiger partial charge in [-0.25, -0.2) is 14.8 Å². The normalized spacial score (nSPS) is 10.4. The van der Waals surface area contributed by atoms with Crippen LogP contribution in [0.2, 0.25) is 0 Å². The van der Waals surface area contributed by atoms with Crippen molar-refractivity contribution in [2.75, 3.05) is 26.6 Å². The number of methoxy groups -OCH3 is 3. The van der Waals surface area contributed by atoms with Gasteiger partial charge in [-0.15, -0.1) is 0 Å². The predicted molar refractivity (Wildman–Crippen MR) is 128 cm³/mol. The molecule has 34 heavy (non-hydrogen) atoms. The lowest BCUT2D eigenvalue weighted by Crippen LogP contribution is -2.28. The van der Waals surface area contributed by atoms with Gasteiger partial charge in [-0.2, -0.15) is 0 Å². The minimum absolute atomic E-state index is 0.314. The summed E-state index contributed by atoms with van der Waals surface area (Å²) in [6.45, 7) is 0.351. The van der Waals surface area contributed by atoms with Crippen LogP contribution in [-0.2, 0) is 6.54 Å². The molecular weight excluding hydrogens is 436 g/mol. The van der Waals surface area contributed by atoms with E-state index in [0.717, 1.165) is 5.56 Å². The van der Waals surface area contributed by atoms with Crippen molar-refractivity contribution in [1.82, 2.24) is 15.3 Å². The summed E-state index contributed by atoms with van der Waals surface area (Å²) < 4.78 is 21.9. The smallest absolute Gasteiger partial charge is 0.319 e. The lowest BCUT2D eigenvalue weighted by Gasteiger charge is -2.12. The number of aromatic nitrogens is 2. The Kier molecular flexibility index (Phi) is 6.92. The molecule has 0 saturated carbocycles. The summed E-state index contributed by atoms with van der Waals surface area (Å²) in [5, 5.41) is 6.30. The van der Waals surface area contributed by atoms with Crippen LogP contribution in [0, 0.1) is 0 Å². The maximum atomic E-state index is 12.2. The second-order valence-corrected chi connectivity index (χ2v) is 7.19. The number of benzene rings is 3. The van der Waals surface area contributed by atoms with Crippen molar-refractivity contribution in [3.63, 3.8) is 0 Å². The molecule has 0 unspecified atom stereocenters. The number of nitrogens with one attached hydrogen (secondary N) is 2. The van der Waals surface area contributed by atoms with Crippen molar-refractivity contribution in [2.45, 2.75) is 6.54 Å². The van der Waals surface area contributed by atoms with Gasteiger partial charge in [0, 0.05) is 24.4 Å². The predicted octanol–water partition coefficient (Wildman–Crippen LogP) is 4.77. The summed E-state index contributed by atoms with van der Waals surface area (Å²) in [7, 11) is 4.71. The molecule has 0 atom stereocenters. The van der Waals surface area contributed by atoms with Gasteiger partial charge in [-0.3, -0.25) is 0 Å². The van der Waals surface area contributed by atoms with Crippen molar-refractivity contribution in [2.24, 2.45) is 0 Å². The molecule has 2 amide bonds. The van der Waals surface area contributed by atoms with Gasteiger partial charge in [0.25, 0.3) is 0 Å². The van der Waals surface area contributed by atoms with Crippen LogP contribution in [0.4, 0.5) is 10.5 Å². The van der Waals surface area contributed by atoms with Crippen LogP contribution >= 0.6 is 0 Å². The largest absolute Gasteiger partial charge is 0.497 e. The van der Waals surface area contributed by atoms with Gasteiger partial charge >= 0.3 is 6.03 Å². The first-order valence-electron chi connectivity index (χ1n) is 10.4. The fourth-order valence-electron chi connectivity index (χ4n) is 3.29. The highest BCUT2D eigenvalue weighted by Crippen LogP contribution is 2.35. The molecule has 174 valence electrons. The van der Waals surface area contributed by atoms with E-state index in [-0.39, 0.29) is 6.03 Å². The topological polar surface area (TPSA) is 104 Å². The lowest BCUT2D eigenvalue weighted by atomic mass is 10.2. The zero-order valence-electron chi connectivity index (χ0n) is 19.0. The highest BCUT2D eigenvalue weighted by Gasteiger charge is 2.12. The second-order valence-electron chi connectivity index (χ2n) is 7.19. The Morgan fingerprint density at radius 2 is 1.62 bits per heavy atom. The molecule has 0 spiro atoms. The number of anilines is 1. The maximum absolute atomic E-state index is 12.2.